The Hall–Kier alpha value is -4.27. The third-order valence-electron chi connectivity index (χ3n) is 4.73. The van der Waals surface area contributed by atoms with E-state index in [1.54, 1.807) is 0 Å². The van der Waals surface area contributed by atoms with E-state index in [1.165, 1.54) is 48.2 Å². The predicted octanol–water partition coefficient (Wildman–Crippen LogP) is 3.53. The SMILES string of the molecule is CNC(=O)c1cnc(Nc2ccccc2C)c(NC(=O)c2cnc3cc(F)ccn23)c1. The number of carbonyl (C=O) groups excluding carboxylic acids is 2. The third-order valence-corrected chi connectivity index (χ3v) is 4.73. The fourth-order valence-electron chi connectivity index (χ4n) is 3.08. The first-order valence-corrected chi connectivity index (χ1v) is 9.45. The van der Waals surface area contributed by atoms with Gasteiger partial charge in [-0.15, -0.1) is 0 Å². The molecule has 0 bridgehead atoms. The second-order valence-corrected chi connectivity index (χ2v) is 6.81. The molecule has 3 N–H and O–H groups in total. The molecule has 3 aromatic heterocycles. The molecule has 0 unspecified atom stereocenters. The van der Waals surface area contributed by atoms with Crippen LogP contribution in [0.1, 0.15) is 26.4 Å². The van der Waals surface area contributed by atoms with Crippen LogP contribution in [-0.4, -0.2) is 33.2 Å². The van der Waals surface area contributed by atoms with Gasteiger partial charge in [0.05, 0.1) is 17.4 Å². The quantitative estimate of drug-likeness (QED) is 0.460. The number of anilines is 3. The summed E-state index contributed by atoms with van der Waals surface area (Å²) in [5.41, 5.74) is 2.91. The second-order valence-electron chi connectivity index (χ2n) is 6.81. The van der Waals surface area contributed by atoms with Gasteiger partial charge < -0.3 is 16.0 Å². The number of aromatic nitrogens is 3. The van der Waals surface area contributed by atoms with Crippen LogP contribution in [0.3, 0.4) is 0 Å². The Bertz CT molecular complexity index is 1300. The molecule has 0 fully saturated rings. The van der Waals surface area contributed by atoms with Crippen LogP contribution in [0.15, 0.2) is 61.1 Å². The molecule has 9 heteroatoms. The fraction of sp³-hybridized carbons (Fsp3) is 0.0909. The normalized spacial score (nSPS) is 10.7. The van der Waals surface area contributed by atoms with Gasteiger partial charge in [0.25, 0.3) is 11.8 Å². The maximum atomic E-state index is 13.4. The van der Waals surface area contributed by atoms with Crippen molar-refractivity contribution in [1.29, 1.82) is 0 Å². The summed E-state index contributed by atoms with van der Waals surface area (Å²) in [6.45, 7) is 1.94. The van der Waals surface area contributed by atoms with Crippen molar-refractivity contribution in [2.45, 2.75) is 6.92 Å². The van der Waals surface area contributed by atoms with E-state index in [1.807, 2.05) is 31.2 Å². The number of pyridine rings is 2. The lowest BCUT2D eigenvalue weighted by atomic mass is 10.2. The van der Waals surface area contributed by atoms with Gasteiger partial charge in [0.15, 0.2) is 5.82 Å². The largest absolute Gasteiger partial charge is 0.355 e. The lowest BCUT2D eigenvalue weighted by Gasteiger charge is -2.15. The molecule has 0 aliphatic heterocycles. The molecule has 0 aliphatic carbocycles. The van der Waals surface area contributed by atoms with E-state index in [9.17, 15) is 14.0 Å². The highest BCUT2D eigenvalue weighted by Crippen LogP contribution is 2.27. The minimum absolute atomic E-state index is 0.210. The minimum atomic E-state index is -0.484. The number of nitrogens with one attached hydrogen (secondary N) is 3. The van der Waals surface area contributed by atoms with Crippen LogP contribution in [0, 0.1) is 12.7 Å². The number of amides is 2. The van der Waals surface area contributed by atoms with Crippen LogP contribution in [0.5, 0.6) is 0 Å². The summed E-state index contributed by atoms with van der Waals surface area (Å²) in [6, 6.07) is 11.6. The summed E-state index contributed by atoms with van der Waals surface area (Å²) in [6.07, 6.45) is 4.21. The van der Waals surface area contributed by atoms with Gasteiger partial charge in [-0.05, 0) is 30.7 Å². The number of halogens is 1. The number of hydrogen-bond donors (Lipinski definition) is 3. The van der Waals surface area contributed by atoms with Crippen molar-refractivity contribution in [3.63, 3.8) is 0 Å². The minimum Gasteiger partial charge on any atom is -0.355 e. The summed E-state index contributed by atoms with van der Waals surface area (Å²) >= 11 is 0. The smallest absolute Gasteiger partial charge is 0.274 e. The van der Waals surface area contributed by atoms with Gasteiger partial charge in [-0.3, -0.25) is 14.0 Å². The number of carbonyl (C=O) groups is 2. The molecule has 156 valence electrons. The number of para-hydroxylation sites is 1. The summed E-state index contributed by atoms with van der Waals surface area (Å²) in [7, 11) is 1.51. The van der Waals surface area contributed by atoms with E-state index >= 15 is 0 Å². The van der Waals surface area contributed by atoms with Gasteiger partial charge in [-0.25, -0.2) is 14.4 Å². The van der Waals surface area contributed by atoms with Crippen LogP contribution in [-0.2, 0) is 0 Å². The molecule has 0 saturated carbocycles. The number of hydrogen-bond acceptors (Lipinski definition) is 5. The van der Waals surface area contributed by atoms with Crippen LogP contribution < -0.4 is 16.0 Å². The maximum Gasteiger partial charge on any atom is 0.274 e. The van der Waals surface area contributed by atoms with Gasteiger partial charge in [0, 0.05) is 31.2 Å². The Morgan fingerprint density at radius 1 is 1.00 bits per heavy atom. The summed E-state index contributed by atoms with van der Waals surface area (Å²) in [4.78, 5) is 33.5. The first kappa shape index (κ1) is 20.0. The molecule has 4 aromatic rings. The molecule has 0 radical (unpaired) electrons. The summed E-state index contributed by atoms with van der Waals surface area (Å²) in [5.74, 6) is -0.897. The summed E-state index contributed by atoms with van der Waals surface area (Å²) < 4.78 is 14.9. The second kappa shape index (κ2) is 8.23. The van der Waals surface area contributed by atoms with Crippen molar-refractivity contribution in [3.8, 4) is 0 Å². The molecule has 2 amide bonds. The number of imidazole rings is 1. The molecular weight excluding hydrogens is 399 g/mol. The van der Waals surface area contributed by atoms with E-state index in [4.69, 9.17) is 0 Å². The van der Waals surface area contributed by atoms with Gasteiger partial charge in [-0.2, -0.15) is 0 Å². The van der Waals surface area contributed by atoms with Crippen LogP contribution in [0.25, 0.3) is 5.65 Å². The van der Waals surface area contributed by atoms with Gasteiger partial charge in [0.1, 0.15) is 17.2 Å². The molecule has 0 saturated heterocycles. The van der Waals surface area contributed by atoms with Gasteiger partial charge in [0.2, 0.25) is 0 Å². The number of nitrogens with zero attached hydrogens (tertiary/aromatic N) is 3. The molecule has 4 rings (SSSR count). The number of benzene rings is 1. The van der Waals surface area contributed by atoms with Crippen molar-refractivity contribution in [2.24, 2.45) is 0 Å². The zero-order valence-electron chi connectivity index (χ0n) is 16.8. The Balaban J connectivity index is 1.71. The number of fused-ring (bicyclic) bond motifs is 1. The van der Waals surface area contributed by atoms with Gasteiger partial charge in [-0.1, -0.05) is 18.2 Å². The van der Waals surface area contributed by atoms with Crippen LogP contribution >= 0.6 is 0 Å². The molecule has 3 heterocycles. The Kier molecular flexibility index (Phi) is 5.31. The topological polar surface area (TPSA) is 100 Å². The van der Waals surface area contributed by atoms with E-state index in [0.717, 1.165) is 11.3 Å². The molecule has 8 nitrogen and oxygen atoms in total. The fourth-order valence-corrected chi connectivity index (χ4v) is 3.08. The highest BCUT2D eigenvalue weighted by atomic mass is 19.1. The molecule has 0 spiro atoms. The maximum absolute atomic E-state index is 13.4. The highest BCUT2D eigenvalue weighted by Gasteiger charge is 2.17. The predicted molar refractivity (Wildman–Crippen MR) is 115 cm³/mol. The average molecular weight is 418 g/mol. The van der Waals surface area contributed by atoms with Crippen molar-refractivity contribution in [3.05, 3.63) is 83.7 Å². The zero-order valence-corrected chi connectivity index (χ0v) is 16.8. The van der Waals surface area contributed by atoms with Crippen LogP contribution in [0.4, 0.5) is 21.6 Å². The molecule has 0 aliphatic rings. The molecular formula is C22H19FN6O2. The van der Waals surface area contributed by atoms with Crippen molar-refractivity contribution in [2.75, 3.05) is 17.7 Å². The van der Waals surface area contributed by atoms with Crippen molar-refractivity contribution in [1.82, 2.24) is 19.7 Å². The molecule has 0 atom stereocenters. The zero-order chi connectivity index (χ0) is 22.0. The standard InChI is InChI=1S/C22H19FN6O2/c1-13-5-3-4-6-16(13)27-20-17(9-14(11-26-20)21(30)24-2)28-22(31)18-12-25-19-10-15(23)7-8-29(18)19/h3-12H,1-2H3,(H,24,30)(H,26,27)(H,28,31). The molecule has 31 heavy (non-hydrogen) atoms. The first-order valence-electron chi connectivity index (χ1n) is 9.45. The van der Waals surface area contributed by atoms with E-state index in [2.05, 4.69) is 25.9 Å². The first-order chi connectivity index (χ1) is 15.0. The number of aryl methyl sites for hydroxylation is 1. The average Bonchev–Trinajstić information content (AvgIpc) is 3.19. The Labute approximate surface area is 177 Å². The monoisotopic (exact) mass is 418 g/mol. The lowest BCUT2D eigenvalue weighted by Crippen LogP contribution is -2.20. The van der Waals surface area contributed by atoms with Crippen LogP contribution in [0.2, 0.25) is 0 Å². The Morgan fingerprint density at radius 3 is 2.58 bits per heavy atom. The van der Waals surface area contributed by atoms with E-state index in [-0.39, 0.29) is 17.2 Å². The lowest BCUT2D eigenvalue weighted by molar-refractivity contribution is 0.0961. The van der Waals surface area contributed by atoms with Crippen molar-refractivity contribution < 1.29 is 14.0 Å². The molecule has 1 aromatic carbocycles. The third kappa shape index (κ3) is 4.06. The van der Waals surface area contributed by atoms with Gasteiger partial charge >= 0.3 is 0 Å². The van der Waals surface area contributed by atoms with E-state index in [0.29, 0.717) is 17.2 Å². The van der Waals surface area contributed by atoms with Crippen molar-refractivity contribution >= 4 is 34.7 Å². The Morgan fingerprint density at radius 2 is 1.81 bits per heavy atom. The highest BCUT2D eigenvalue weighted by molar-refractivity contribution is 6.06. The summed E-state index contributed by atoms with van der Waals surface area (Å²) in [5, 5.41) is 8.51. The van der Waals surface area contributed by atoms with E-state index < -0.39 is 11.7 Å². The number of rotatable bonds is 5.